The summed E-state index contributed by atoms with van der Waals surface area (Å²) in [5.41, 5.74) is 2.33. The van der Waals surface area contributed by atoms with Crippen molar-refractivity contribution < 1.29 is 4.79 Å². The summed E-state index contributed by atoms with van der Waals surface area (Å²) in [5.74, 6) is 1.64. The van der Waals surface area contributed by atoms with Crippen molar-refractivity contribution in [2.24, 2.45) is 0 Å². The molecule has 1 aromatic carbocycles. The van der Waals surface area contributed by atoms with Crippen molar-refractivity contribution in [3.8, 4) is 11.4 Å². The minimum absolute atomic E-state index is 0.0126. The molecule has 0 spiro atoms. The number of amides is 1. The molecule has 0 saturated carbocycles. The molecular formula is C19H17N7O. The number of benzene rings is 1. The van der Waals surface area contributed by atoms with Gasteiger partial charge >= 0.3 is 0 Å². The molecule has 0 unspecified atom stereocenters. The zero-order chi connectivity index (χ0) is 18.2. The Kier molecular flexibility index (Phi) is 3.67. The molecule has 1 aliphatic heterocycles. The van der Waals surface area contributed by atoms with E-state index in [4.69, 9.17) is 0 Å². The minimum atomic E-state index is -0.0126. The highest BCUT2D eigenvalue weighted by Gasteiger charge is 2.22. The number of nitrogens with zero attached hydrogens (tertiary/aromatic N) is 7. The summed E-state index contributed by atoms with van der Waals surface area (Å²) < 4.78 is 3.53. The van der Waals surface area contributed by atoms with Crippen LogP contribution in [0.1, 0.15) is 16.2 Å². The minimum Gasteiger partial charge on any atom is -0.336 e. The van der Waals surface area contributed by atoms with Crippen LogP contribution in [0.25, 0.3) is 17.0 Å². The Morgan fingerprint density at radius 3 is 2.78 bits per heavy atom. The molecule has 1 aliphatic rings. The van der Waals surface area contributed by atoms with E-state index in [1.54, 1.807) is 22.8 Å². The number of hydrogen-bond donors (Lipinski definition) is 0. The highest BCUT2D eigenvalue weighted by Crippen LogP contribution is 2.18. The summed E-state index contributed by atoms with van der Waals surface area (Å²) in [4.78, 5) is 23.5. The quantitative estimate of drug-likeness (QED) is 0.544. The molecule has 0 saturated heterocycles. The third kappa shape index (κ3) is 2.84. The number of carbonyl (C=O) groups is 1. The first-order valence-corrected chi connectivity index (χ1v) is 8.86. The molecule has 27 heavy (non-hydrogen) atoms. The number of carbonyl (C=O) groups excluding carboxylic acids is 1. The second-order valence-corrected chi connectivity index (χ2v) is 6.46. The normalized spacial score (nSPS) is 14.1. The molecule has 0 N–H and O–H groups in total. The third-order valence-corrected chi connectivity index (χ3v) is 4.78. The van der Waals surface area contributed by atoms with Gasteiger partial charge in [0.25, 0.3) is 5.91 Å². The van der Waals surface area contributed by atoms with Crippen molar-refractivity contribution >= 4 is 11.6 Å². The van der Waals surface area contributed by atoms with Crippen LogP contribution in [0.5, 0.6) is 0 Å². The number of fused-ring (bicyclic) bond motifs is 2. The van der Waals surface area contributed by atoms with Gasteiger partial charge in [-0.1, -0.05) is 30.3 Å². The van der Waals surface area contributed by atoms with E-state index < -0.39 is 0 Å². The van der Waals surface area contributed by atoms with Gasteiger partial charge in [0.2, 0.25) is 0 Å². The van der Waals surface area contributed by atoms with E-state index in [9.17, 15) is 4.79 Å². The van der Waals surface area contributed by atoms with Crippen molar-refractivity contribution in [3.05, 3.63) is 66.4 Å². The molecule has 1 amide bonds. The van der Waals surface area contributed by atoms with Crippen LogP contribution in [0.2, 0.25) is 0 Å². The lowest BCUT2D eigenvalue weighted by Crippen LogP contribution is -2.33. The van der Waals surface area contributed by atoms with Gasteiger partial charge in [0, 0.05) is 31.3 Å². The van der Waals surface area contributed by atoms with Crippen molar-refractivity contribution in [2.75, 3.05) is 13.1 Å². The molecule has 0 bridgehead atoms. The van der Waals surface area contributed by atoms with Gasteiger partial charge in [-0.3, -0.25) is 4.79 Å². The van der Waals surface area contributed by atoms with Crippen molar-refractivity contribution in [3.63, 3.8) is 0 Å². The van der Waals surface area contributed by atoms with Crippen LogP contribution in [0.4, 0.5) is 0 Å². The molecule has 0 atom stereocenters. The second kappa shape index (κ2) is 6.31. The Labute approximate surface area is 155 Å². The molecule has 0 radical (unpaired) electrons. The highest BCUT2D eigenvalue weighted by atomic mass is 16.2. The predicted octanol–water partition coefficient (Wildman–Crippen LogP) is 1.69. The molecule has 3 aromatic heterocycles. The van der Waals surface area contributed by atoms with E-state index in [1.165, 1.54) is 6.33 Å². The first-order chi connectivity index (χ1) is 13.3. The van der Waals surface area contributed by atoms with Gasteiger partial charge in [-0.15, -0.1) is 0 Å². The van der Waals surface area contributed by atoms with Gasteiger partial charge in [0.15, 0.2) is 11.5 Å². The smallest absolute Gasteiger partial charge is 0.255 e. The Bertz CT molecular complexity index is 1090. The first-order valence-electron chi connectivity index (χ1n) is 8.86. The monoisotopic (exact) mass is 359 g/mol. The number of rotatable bonds is 2. The fraction of sp³-hybridized carbons (Fsp3) is 0.211. The first kappa shape index (κ1) is 15.7. The Morgan fingerprint density at radius 1 is 1.00 bits per heavy atom. The van der Waals surface area contributed by atoms with E-state index in [0.29, 0.717) is 31.6 Å². The van der Waals surface area contributed by atoms with E-state index in [0.717, 1.165) is 22.9 Å². The Hall–Kier alpha value is -3.55. The lowest BCUT2D eigenvalue weighted by molar-refractivity contribution is 0.0757. The number of hydrogen-bond acceptors (Lipinski definition) is 5. The average molecular weight is 359 g/mol. The van der Waals surface area contributed by atoms with Gasteiger partial charge < -0.3 is 4.90 Å². The van der Waals surface area contributed by atoms with Gasteiger partial charge in [0.1, 0.15) is 12.2 Å². The molecule has 4 heterocycles. The fourth-order valence-corrected chi connectivity index (χ4v) is 3.34. The lowest BCUT2D eigenvalue weighted by Gasteiger charge is -2.19. The number of aromatic nitrogens is 6. The fourth-order valence-electron chi connectivity index (χ4n) is 3.34. The second-order valence-electron chi connectivity index (χ2n) is 6.46. The summed E-state index contributed by atoms with van der Waals surface area (Å²) in [6.45, 7) is 1.84. The zero-order valence-corrected chi connectivity index (χ0v) is 14.6. The van der Waals surface area contributed by atoms with Crippen molar-refractivity contribution in [2.45, 2.75) is 13.0 Å². The number of pyridine rings is 1. The van der Waals surface area contributed by atoms with E-state index >= 15 is 0 Å². The highest BCUT2D eigenvalue weighted by molar-refractivity contribution is 5.94. The summed E-state index contributed by atoms with van der Waals surface area (Å²) in [6.07, 6.45) is 3.88. The van der Waals surface area contributed by atoms with Crippen LogP contribution in [0, 0.1) is 0 Å². The molecular weight excluding hydrogens is 342 g/mol. The van der Waals surface area contributed by atoms with Gasteiger partial charge in [0.05, 0.1) is 12.1 Å². The predicted molar refractivity (Wildman–Crippen MR) is 98.1 cm³/mol. The summed E-state index contributed by atoms with van der Waals surface area (Å²) in [6, 6.07) is 13.5. The SMILES string of the molecule is O=C(c1ccc2ncnn2c1)N1CCc2nc(-c3ccccc3)nn2CC1. The molecule has 8 nitrogen and oxygen atoms in total. The van der Waals surface area contributed by atoms with Crippen LogP contribution >= 0.6 is 0 Å². The van der Waals surface area contributed by atoms with Gasteiger partial charge in [-0.05, 0) is 12.1 Å². The van der Waals surface area contributed by atoms with Crippen LogP contribution in [-0.2, 0) is 13.0 Å². The Balaban J connectivity index is 1.35. The maximum atomic E-state index is 12.9. The van der Waals surface area contributed by atoms with Gasteiger partial charge in [-0.2, -0.15) is 10.2 Å². The summed E-state index contributed by atoms with van der Waals surface area (Å²) >= 11 is 0. The van der Waals surface area contributed by atoms with Crippen LogP contribution in [0.15, 0.2) is 55.0 Å². The average Bonchev–Trinajstić information content (AvgIpc) is 3.30. The molecule has 134 valence electrons. The van der Waals surface area contributed by atoms with Crippen molar-refractivity contribution in [1.82, 2.24) is 34.3 Å². The third-order valence-electron chi connectivity index (χ3n) is 4.78. The largest absolute Gasteiger partial charge is 0.336 e. The zero-order valence-electron chi connectivity index (χ0n) is 14.6. The molecule has 4 aromatic rings. The van der Waals surface area contributed by atoms with Gasteiger partial charge in [-0.25, -0.2) is 19.2 Å². The van der Waals surface area contributed by atoms with E-state index in [1.807, 2.05) is 39.9 Å². The maximum Gasteiger partial charge on any atom is 0.255 e. The van der Waals surface area contributed by atoms with Crippen LogP contribution in [0.3, 0.4) is 0 Å². The van der Waals surface area contributed by atoms with Crippen LogP contribution in [-0.4, -0.2) is 53.3 Å². The van der Waals surface area contributed by atoms with E-state index in [2.05, 4.69) is 20.2 Å². The van der Waals surface area contributed by atoms with Crippen LogP contribution < -0.4 is 0 Å². The topological polar surface area (TPSA) is 81.2 Å². The molecule has 0 aliphatic carbocycles. The standard InChI is InChI=1S/C19H17N7O/c27-19(15-6-7-16-20-13-21-26(16)12-15)24-9-8-17-22-18(23-25(17)11-10-24)14-4-2-1-3-5-14/h1-7,12-13H,8-11H2. The molecule has 5 rings (SSSR count). The van der Waals surface area contributed by atoms with Crippen molar-refractivity contribution in [1.29, 1.82) is 0 Å². The summed E-state index contributed by atoms with van der Waals surface area (Å²) in [7, 11) is 0. The summed E-state index contributed by atoms with van der Waals surface area (Å²) in [5, 5.41) is 8.73. The van der Waals surface area contributed by atoms with E-state index in [-0.39, 0.29) is 5.91 Å². The Morgan fingerprint density at radius 2 is 1.89 bits per heavy atom. The molecule has 0 fully saturated rings. The maximum absolute atomic E-state index is 12.9. The lowest BCUT2D eigenvalue weighted by atomic mass is 10.2. The molecule has 8 heteroatoms.